The molecule has 2 N–H and O–H groups in total. The van der Waals surface area contributed by atoms with Crippen molar-refractivity contribution in [1.82, 2.24) is 10.6 Å². The molecule has 1 saturated heterocycles. The molecule has 112 valence electrons. The zero-order chi connectivity index (χ0) is 14.6. The van der Waals surface area contributed by atoms with E-state index in [9.17, 15) is 13.2 Å². The summed E-state index contributed by atoms with van der Waals surface area (Å²) in [6, 6.07) is 2.98. The highest BCUT2D eigenvalue weighted by Crippen LogP contribution is 2.12. The van der Waals surface area contributed by atoms with Crippen LogP contribution in [0.25, 0.3) is 0 Å². The SMILES string of the molecule is CC(NC1CCCS(=O)(=O)C1)C(=O)NCc1ccco1. The van der Waals surface area contributed by atoms with E-state index in [1.54, 1.807) is 25.3 Å². The summed E-state index contributed by atoms with van der Waals surface area (Å²) in [4.78, 5) is 11.9. The van der Waals surface area contributed by atoms with Gasteiger partial charge in [0.2, 0.25) is 5.91 Å². The standard InChI is InChI=1S/C13H20N2O4S/c1-10(13(16)14-8-12-5-2-6-19-12)15-11-4-3-7-20(17,18)9-11/h2,5-6,10-11,15H,3-4,7-9H2,1H3,(H,14,16). The van der Waals surface area contributed by atoms with Gasteiger partial charge in [0, 0.05) is 6.04 Å². The van der Waals surface area contributed by atoms with Crippen molar-refractivity contribution in [1.29, 1.82) is 0 Å². The topological polar surface area (TPSA) is 88.4 Å². The zero-order valence-corrected chi connectivity index (χ0v) is 12.3. The Labute approximate surface area is 118 Å². The normalized spacial score (nSPS) is 23.1. The summed E-state index contributed by atoms with van der Waals surface area (Å²) in [6.45, 7) is 2.07. The van der Waals surface area contributed by atoms with Crippen LogP contribution in [0.2, 0.25) is 0 Å². The minimum Gasteiger partial charge on any atom is -0.467 e. The lowest BCUT2D eigenvalue weighted by molar-refractivity contribution is -0.123. The maximum atomic E-state index is 11.9. The van der Waals surface area contributed by atoms with E-state index in [-0.39, 0.29) is 23.5 Å². The lowest BCUT2D eigenvalue weighted by Gasteiger charge is -2.26. The molecule has 1 aromatic heterocycles. The van der Waals surface area contributed by atoms with Gasteiger partial charge in [0.15, 0.2) is 9.84 Å². The molecule has 20 heavy (non-hydrogen) atoms. The lowest BCUT2D eigenvalue weighted by Crippen LogP contribution is -2.50. The second kappa shape index (κ2) is 6.41. The Hall–Kier alpha value is -1.34. The number of hydrogen-bond donors (Lipinski definition) is 2. The van der Waals surface area contributed by atoms with Gasteiger partial charge in [-0.25, -0.2) is 8.42 Å². The average molecular weight is 300 g/mol. The van der Waals surface area contributed by atoms with Gasteiger partial charge in [-0.15, -0.1) is 0 Å². The molecule has 1 aliphatic rings. The van der Waals surface area contributed by atoms with Crippen molar-refractivity contribution < 1.29 is 17.6 Å². The maximum Gasteiger partial charge on any atom is 0.237 e. The van der Waals surface area contributed by atoms with Crippen molar-refractivity contribution in [3.63, 3.8) is 0 Å². The first-order chi connectivity index (χ1) is 9.46. The van der Waals surface area contributed by atoms with Crippen molar-refractivity contribution >= 4 is 15.7 Å². The maximum absolute atomic E-state index is 11.9. The number of hydrogen-bond acceptors (Lipinski definition) is 5. The van der Waals surface area contributed by atoms with Crippen LogP contribution in [0.3, 0.4) is 0 Å². The Morgan fingerprint density at radius 3 is 3.00 bits per heavy atom. The first-order valence-corrected chi connectivity index (χ1v) is 8.55. The third kappa shape index (κ3) is 4.35. The Kier molecular flexibility index (Phi) is 4.82. The molecule has 1 aromatic rings. The van der Waals surface area contributed by atoms with E-state index in [0.717, 1.165) is 6.42 Å². The molecule has 0 spiro atoms. The Bertz CT molecular complexity index is 539. The number of sulfone groups is 1. The zero-order valence-electron chi connectivity index (χ0n) is 11.5. The minimum absolute atomic E-state index is 0.114. The van der Waals surface area contributed by atoms with Crippen molar-refractivity contribution in [2.75, 3.05) is 11.5 Å². The van der Waals surface area contributed by atoms with Crippen molar-refractivity contribution in [2.45, 2.75) is 38.4 Å². The van der Waals surface area contributed by atoms with Crippen LogP contribution in [0.1, 0.15) is 25.5 Å². The van der Waals surface area contributed by atoms with E-state index in [1.165, 1.54) is 0 Å². The van der Waals surface area contributed by atoms with Crippen LogP contribution in [-0.2, 0) is 21.2 Å². The molecule has 0 saturated carbocycles. The van der Waals surface area contributed by atoms with Gasteiger partial charge in [-0.2, -0.15) is 0 Å². The number of carbonyl (C=O) groups is 1. The van der Waals surface area contributed by atoms with Crippen LogP contribution in [0.15, 0.2) is 22.8 Å². The van der Waals surface area contributed by atoms with Gasteiger partial charge in [-0.1, -0.05) is 0 Å². The molecule has 0 bridgehead atoms. The molecule has 6 nitrogen and oxygen atoms in total. The van der Waals surface area contributed by atoms with Crippen LogP contribution < -0.4 is 10.6 Å². The highest BCUT2D eigenvalue weighted by atomic mass is 32.2. The van der Waals surface area contributed by atoms with Crippen LogP contribution >= 0.6 is 0 Å². The number of furan rings is 1. The van der Waals surface area contributed by atoms with Crippen molar-refractivity contribution in [2.24, 2.45) is 0 Å². The molecule has 1 aliphatic heterocycles. The first kappa shape index (κ1) is 15.1. The van der Waals surface area contributed by atoms with Gasteiger partial charge in [0.1, 0.15) is 5.76 Å². The fraction of sp³-hybridized carbons (Fsp3) is 0.615. The summed E-state index contributed by atoms with van der Waals surface area (Å²) in [5.74, 6) is 0.891. The van der Waals surface area contributed by atoms with E-state index in [0.29, 0.717) is 18.7 Å². The number of nitrogens with one attached hydrogen (secondary N) is 2. The predicted molar refractivity (Wildman–Crippen MR) is 74.8 cm³/mol. The monoisotopic (exact) mass is 300 g/mol. The second-order valence-corrected chi connectivity index (χ2v) is 7.37. The van der Waals surface area contributed by atoms with Crippen LogP contribution in [-0.4, -0.2) is 37.9 Å². The van der Waals surface area contributed by atoms with E-state index < -0.39 is 15.9 Å². The molecule has 7 heteroatoms. The minimum atomic E-state index is -2.96. The summed E-state index contributed by atoms with van der Waals surface area (Å²) < 4.78 is 28.2. The lowest BCUT2D eigenvalue weighted by atomic mass is 10.1. The molecular formula is C13H20N2O4S. The molecule has 1 fully saturated rings. The summed E-state index contributed by atoms with van der Waals surface area (Å²) in [7, 11) is -2.96. The summed E-state index contributed by atoms with van der Waals surface area (Å²) in [6.07, 6.45) is 2.99. The quantitative estimate of drug-likeness (QED) is 0.824. The smallest absolute Gasteiger partial charge is 0.237 e. The number of carbonyl (C=O) groups excluding carboxylic acids is 1. The number of rotatable bonds is 5. The predicted octanol–water partition coefficient (Wildman–Crippen LogP) is 0.451. The van der Waals surface area contributed by atoms with Gasteiger partial charge in [-0.05, 0) is 31.9 Å². The average Bonchev–Trinajstić information content (AvgIpc) is 2.87. The summed E-state index contributed by atoms with van der Waals surface area (Å²) in [5, 5.41) is 5.83. The second-order valence-electron chi connectivity index (χ2n) is 5.14. The van der Waals surface area contributed by atoms with Crippen LogP contribution in [0.5, 0.6) is 0 Å². The fourth-order valence-electron chi connectivity index (χ4n) is 2.32. The van der Waals surface area contributed by atoms with Crippen molar-refractivity contribution in [3.8, 4) is 0 Å². The van der Waals surface area contributed by atoms with E-state index in [1.807, 2.05) is 0 Å². The summed E-state index contributed by atoms with van der Waals surface area (Å²) in [5.41, 5.74) is 0. The van der Waals surface area contributed by atoms with E-state index >= 15 is 0 Å². The van der Waals surface area contributed by atoms with E-state index in [2.05, 4.69) is 10.6 Å². The highest BCUT2D eigenvalue weighted by Gasteiger charge is 2.27. The molecule has 2 heterocycles. The first-order valence-electron chi connectivity index (χ1n) is 6.73. The third-order valence-corrected chi connectivity index (χ3v) is 5.18. The van der Waals surface area contributed by atoms with Crippen LogP contribution in [0, 0.1) is 0 Å². The molecular weight excluding hydrogens is 280 g/mol. The van der Waals surface area contributed by atoms with Gasteiger partial charge in [0.25, 0.3) is 0 Å². The Balaban J connectivity index is 1.78. The van der Waals surface area contributed by atoms with Gasteiger partial charge < -0.3 is 15.1 Å². The Morgan fingerprint density at radius 2 is 2.35 bits per heavy atom. The molecule has 0 radical (unpaired) electrons. The summed E-state index contributed by atoms with van der Waals surface area (Å²) >= 11 is 0. The molecule has 1 amide bonds. The van der Waals surface area contributed by atoms with Crippen molar-refractivity contribution in [3.05, 3.63) is 24.2 Å². The molecule has 2 unspecified atom stereocenters. The highest BCUT2D eigenvalue weighted by molar-refractivity contribution is 7.91. The van der Waals surface area contributed by atoms with E-state index in [4.69, 9.17) is 4.42 Å². The van der Waals surface area contributed by atoms with Gasteiger partial charge in [-0.3, -0.25) is 4.79 Å². The molecule has 0 aliphatic carbocycles. The number of amides is 1. The largest absolute Gasteiger partial charge is 0.467 e. The van der Waals surface area contributed by atoms with Gasteiger partial charge in [0.05, 0.1) is 30.4 Å². The molecule has 0 aromatic carbocycles. The third-order valence-electron chi connectivity index (χ3n) is 3.36. The fourth-order valence-corrected chi connectivity index (χ4v) is 3.97. The Morgan fingerprint density at radius 1 is 1.55 bits per heavy atom. The molecule has 2 rings (SSSR count). The molecule has 2 atom stereocenters. The van der Waals surface area contributed by atoms with Crippen LogP contribution in [0.4, 0.5) is 0 Å². The van der Waals surface area contributed by atoms with Gasteiger partial charge >= 0.3 is 0 Å².